The van der Waals surface area contributed by atoms with E-state index >= 15 is 0 Å². The number of carbonyl (C=O) groups excluding carboxylic acids is 2. The number of hydrogen-bond donors (Lipinski definition) is 10. The molecule has 1 fully saturated rings. The summed E-state index contributed by atoms with van der Waals surface area (Å²) >= 11 is 0. The molecule has 0 amide bonds. The van der Waals surface area contributed by atoms with Crippen LogP contribution in [0.2, 0.25) is 0 Å². The number of phosphoric acid groups is 2. The Hall–Kier alpha value is -2.42. The third-order valence-corrected chi connectivity index (χ3v) is 13.1. The summed E-state index contributed by atoms with van der Waals surface area (Å²) in [6.45, 7) is 2.44. The summed E-state index contributed by atoms with van der Waals surface area (Å²) < 4.78 is 52.1. The molecule has 13 atom stereocenters. The van der Waals surface area contributed by atoms with Crippen molar-refractivity contribution >= 4 is 27.6 Å². The number of aliphatic hydroxyl groups excluding tert-OH is 7. The Morgan fingerprint density at radius 2 is 1.54 bits per heavy atom. The van der Waals surface area contributed by atoms with Gasteiger partial charge in [0.15, 0.2) is 6.10 Å². The molecule has 0 aromatic rings. The zero-order valence-electron chi connectivity index (χ0n) is 39.6. The highest BCUT2D eigenvalue weighted by Crippen LogP contribution is 2.50. The van der Waals surface area contributed by atoms with E-state index in [9.17, 15) is 69.1 Å². The maximum absolute atomic E-state index is 13.7. The van der Waals surface area contributed by atoms with Gasteiger partial charge in [0.1, 0.15) is 31.0 Å². The van der Waals surface area contributed by atoms with Crippen molar-refractivity contribution in [2.75, 3.05) is 13.2 Å². The molecular weight excluding hydrogens is 930 g/mol. The van der Waals surface area contributed by atoms with Crippen LogP contribution >= 0.6 is 15.6 Å². The van der Waals surface area contributed by atoms with Crippen LogP contribution in [0.25, 0.3) is 0 Å². The number of ether oxygens (including phenoxy) is 2. The predicted molar refractivity (Wildman–Crippen MR) is 252 cm³/mol. The van der Waals surface area contributed by atoms with E-state index in [1.165, 1.54) is 12.2 Å². The Balaban J connectivity index is 2.32. The molecule has 392 valence electrons. The van der Waals surface area contributed by atoms with Crippen molar-refractivity contribution in [1.29, 1.82) is 0 Å². The summed E-state index contributed by atoms with van der Waals surface area (Å²) in [5, 5.41) is 79.6. The van der Waals surface area contributed by atoms with E-state index in [1.807, 2.05) is 6.92 Å². The van der Waals surface area contributed by atoms with Gasteiger partial charge in [-0.05, 0) is 64.2 Å². The third kappa shape index (κ3) is 25.6. The number of esters is 2. The molecular formula is C47H80O19P2. The van der Waals surface area contributed by atoms with Gasteiger partial charge in [-0.1, -0.05) is 113 Å². The van der Waals surface area contributed by atoms with Gasteiger partial charge in [0.25, 0.3) is 0 Å². The van der Waals surface area contributed by atoms with Gasteiger partial charge >= 0.3 is 27.6 Å². The van der Waals surface area contributed by atoms with Crippen LogP contribution in [0.4, 0.5) is 0 Å². The van der Waals surface area contributed by atoms with Crippen molar-refractivity contribution in [3.8, 4) is 0 Å². The van der Waals surface area contributed by atoms with E-state index in [4.69, 9.17) is 23.0 Å². The molecule has 10 N–H and O–H groups in total. The van der Waals surface area contributed by atoms with Gasteiger partial charge < -0.3 is 59.9 Å². The van der Waals surface area contributed by atoms with Crippen LogP contribution in [0.5, 0.6) is 0 Å². The SMILES string of the molecule is CC/C=C\C/C=C\C/C=C\CCCCCCCC(=O)OC[C@@H]1COP(=O)(O)O[C@H]2[C@H](O)[C@@H](O)[C@H](O)[C@@H](CC=CCCCC(=O)O1)[C@@H](O)C[C@@H](O)[C@H](C=C[C@@H](O)CCCCC)[C@@H](O)[C@H]2OP(=O)(O)O. The minimum Gasteiger partial charge on any atom is -0.462 e. The first kappa shape index (κ1) is 61.7. The fourth-order valence-corrected chi connectivity index (χ4v) is 9.32. The highest BCUT2D eigenvalue weighted by Gasteiger charge is 2.51. The Morgan fingerprint density at radius 1 is 0.868 bits per heavy atom. The summed E-state index contributed by atoms with van der Waals surface area (Å²) in [5.41, 5.74) is 0. The average molecular weight is 1010 g/mol. The van der Waals surface area contributed by atoms with E-state index in [0.717, 1.165) is 70.3 Å². The number of allylic oxidation sites excluding steroid dienone is 8. The molecule has 0 saturated heterocycles. The normalized spacial score (nSPS) is 31.6. The quantitative estimate of drug-likeness (QED) is 0.0264. The van der Waals surface area contributed by atoms with Gasteiger partial charge in [0, 0.05) is 31.1 Å². The zero-order valence-corrected chi connectivity index (χ0v) is 41.4. The van der Waals surface area contributed by atoms with Crippen LogP contribution in [-0.2, 0) is 41.8 Å². The van der Waals surface area contributed by atoms with Crippen molar-refractivity contribution in [3.63, 3.8) is 0 Å². The maximum atomic E-state index is 13.7. The van der Waals surface area contributed by atoms with Gasteiger partial charge in [0.05, 0.1) is 37.1 Å². The number of rotatable bonds is 23. The molecule has 19 nitrogen and oxygen atoms in total. The number of phosphoric ester groups is 2. The molecule has 68 heavy (non-hydrogen) atoms. The summed E-state index contributed by atoms with van der Waals surface area (Å²) in [6.07, 6.45) is 7.12. The van der Waals surface area contributed by atoms with E-state index in [-0.39, 0.29) is 38.5 Å². The number of aliphatic hydroxyl groups is 7. The number of fused-ring (bicyclic) bond motifs is 4. The first-order valence-electron chi connectivity index (χ1n) is 24.1. The molecule has 21 heteroatoms. The minimum atomic E-state index is -5.77. The van der Waals surface area contributed by atoms with Crippen molar-refractivity contribution in [1.82, 2.24) is 0 Å². The summed E-state index contributed by atoms with van der Waals surface area (Å²) in [7, 11) is -11.4. The first-order chi connectivity index (χ1) is 32.3. The minimum absolute atomic E-state index is 0.0345. The third-order valence-electron chi connectivity index (χ3n) is 11.6. The lowest BCUT2D eigenvalue weighted by atomic mass is 9.83. The van der Waals surface area contributed by atoms with Crippen molar-refractivity contribution < 1.29 is 92.2 Å². The monoisotopic (exact) mass is 1010 g/mol. The zero-order chi connectivity index (χ0) is 50.5. The van der Waals surface area contributed by atoms with Crippen molar-refractivity contribution in [2.24, 2.45) is 11.8 Å². The first-order valence-corrected chi connectivity index (χ1v) is 27.1. The van der Waals surface area contributed by atoms with Gasteiger partial charge in [0.2, 0.25) is 0 Å². The summed E-state index contributed by atoms with van der Waals surface area (Å²) in [5.74, 6) is -4.53. The molecule has 1 aliphatic carbocycles. The Kier molecular flexibility index (Phi) is 30.9. The topological polar surface area (TPSA) is 317 Å². The summed E-state index contributed by atoms with van der Waals surface area (Å²) in [4.78, 5) is 56.6. The molecule has 2 rings (SSSR count). The second-order valence-corrected chi connectivity index (χ2v) is 20.0. The number of unbranched alkanes of at least 4 members (excludes halogenated alkanes) is 7. The van der Waals surface area contributed by atoms with Gasteiger partial charge in [-0.25, -0.2) is 9.13 Å². The molecule has 1 saturated carbocycles. The molecule has 1 heterocycles. The highest BCUT2D eigenvalue weighted by molar-refractivity contribution is 7.47. The summed E-state index contributed by atoms with van der Waals surface area (Å²) in [6, 6.07) is 0. The number of hydrogen-bond acceptors (Lipinski definition) is 16. The standard InChI is InChI=1S/C47H80O19P2/c1-3-5-7-8-9-10-11-12-13-14-15-16-17-18-23-27-40(51)62-32-35-33-63-68(60,61)66-47-45(56)44(55)42(53)36(26-22-19-20-24-28-41(52)64-35)38(49)31-39(50)37(30-29-34(48)25-21-6-4-2)43(54)46(47)65-67(57,58)59/h5,7,9-10,12-13,19,22,29-30,34-39,42-50,53-56H,3-4,6,8,11,14-18,20-21,23-28,31-33H2,1-2H3,(H,60,61)(H2,57,58,59)/b7-5-,10-9-,13-12-,22-19?,30-29?/t34-,35+,36-,37-,38-,39+,42+,43+,44-,45+,46+,47-/m0/s1. The van der Waals surface area contributed by atoms with Crippen LogP contribution < -0.4 is 0 Å². The molecule has 1 aliphatic heterocycles. The average Bonchev–Trinajstić information content (AvgIpc) is 3.28. The smallest absolute Gasteiger partial charge is 0.462 e. The van der Waals surface area contributed by atoms with Crippen LogP contribution in [0.1, 0.15) is 136 Å². The lowest BCUT2D eigenvalue weighted by Gasteiger charge is -2.38. The highest BCUT2D eigenvalue weighted by atomic mass is 31.2. The predicted octanol–water partition coefficient (Wildman–Crippen LogP) is 5.44. The molecule has 2 bridgehead atoms. The number of cyclic esters (lactones) is 1. The van der Waals surface area contributed by atoms with Crippen LogP contribution in [0.3, 0.4) is 0 Å². The van der Waals surface area contributed by atoms with Crippen molar-refractivity contribution in [2.45, 2.75) is 197 Å². The van der Waals surface area contributed by atoms with E-state index in [2.05, 4.69) is 43.4 Å². The molecule has 1 unspecified atom stereocenters. The van der Waals surface area contributed by atoms with Gasteiger partial charge in [-0.15, -0.1) is 0 Å². The van der Waals surface area contributed by atoms with Crippen LogP contribution in [0.15, 0.2) is 60.8 Å². The fourth-order valence-electron chi connectivity index (χ4n) is 7.79. The molecule has 0 aromatic carbocycles. The Morgan fingerprint density at radius 3 is 2.24 bits per heavy atom. The molecule has 0 aromatic heterocycles. The Labute approximate surface area is 401 Å². The van der Waals surface area contributed by atoms with Gasteiger partial charge in [-0.2, -0.15) is 0 Å². The second kappa shape index (κ2) is 34.0. The molecule has 0 radical (unpaired) electrons. The van der Waals surface area contributed by atoms with E-state index in [1.54, 1.807) is 6.08 Å². The molecule has 2 aliphatic rings. The lowest BCUT2D eigenvalue weighted by Crippen LogP contribution is -2.56. The fraction of sp³-hybridized carbons (Fsp3) is 0.745. The van der Waals surface area contributed by atoms with Crippen LogP contribution in [0, 0.1) is 11.8 Å². The second-order valence-electron chi connectivity index (χ2n) is 17.4. The Bertz CT molecular complexity index is 1670. The van der Waals surface area contributed by atoms with Crippen molar-refractivity contribution in [3.05, 3.63) is 60.8 Å². The van der Waals surface area contributed by atoms with E-state index < -0.39 is 120 Å². The lowest BCUT2D eigenvalue weighted by molar-refractivity contribution is -0.165. The van der Waals surface area contributed by atoms with Gasteiger partial charge in [-0.3, -0.25) is 23.2 Å². The van der Waals surface area contributed by atoms with Crippen LogP contribution in [-0.4, -0.2) is 137 Å². The maximum Gasteiger partial charge on any atom is 0.472 e. The molecule has 0 spiro atoms. The van der Waals surface area contributed by atoms with E-state index in [0.29, 0.717) is 12.8 Å². The largest absolute Gasteiger partial charge is 0.472 e. The number of carbonyl (C=O) groups is 2.